The summed E-state index contributed by atoms with van der Waals surface area (Å²) in [4.78, 5) is 22.7. The Morgan fingerprint density at radius 3 is 2.70 bits per heavy atom. The van der Waals surface area contributed by atoms with Gasteiger partial charge in [0.25, 0.3) is 0 Å². The van der Waals surface area contributed by atoms with Gasteiger partial charge in [-0.15, -0.1) is 0 Å². The minimum absolute atomic E-state index is 0.0424. The first-order valence-corrected chi connectivity index (χ1v) is 6.42. The minimum atomic E-state index is -0.466. The van der Waals surface area contributed by atoms with Gasteiger partial charge < -0.3 is 9.47 Å². The highest BCUT2D eigenvalue weighted by Gasteiger charge is 2.38. The zero-order chi connectivity index (χ0) is 14.2. The van der Waals surface area contributed by atoms with Gasteiger partial charge in [-0.1, -0.05) is 12.2 Å². The van der Waals surface area contributed by atoms with E-state index in [1.54, 1.807) is 31.4 Å². The number of ketones is 1. The van der Waals surface area contributed by atoms with Gasteiger partial charge in [-0.3, -0.25) is 9.59 Å². The molecule has 102 valence electrons. The van der Waals surface area contributed by atoms with E-state index in [1.165, 1.54) is 0 Å². The summed E-state index contributed by atoms with van der Waals surface area (Å²) in [6.45, 7) is 0.508. The molecular weight excluding hydrogens is 256 g/mol. The van der Waals surface area contributed by atoms with Crippen molar-refractivity contribution < 1.29 is 19.1 Å². The summed E-state index contributed by atoms with van der Waals surface area (Å²) in [5.41, 5.74) is 0.869. The van der Waals surface area contributed by atoms with Gasteiger partial charge in [-0.2, -0.15) is 0 Å². The molecular formula is C16H14O4. The van der Waals surface area contributed by atoms with Gasteiger partial charge in [-0.25, -0.2) is 0 Å². The molecule has 1 aliphatic carbocycles. The van der Waals surface area contributed by atoms with Crippen molar-refractivity contribution in [2.24, 2.45) is 0 Å². The average Bonchev–Trinajstić information content (AvgIpc) is 2.49. The van der Waals surface area contributed by atoms with Gasteiger partial charge in [0.15, 0.2) is 23.6 Å². The smallest absolute Gasteiger partial charge is 0.178 e. The maximum Gasteiger partial charge on any atom is 0.178 e. The number of carbonyl (C=O) groups is 2. The molecule has 0 saturated carbocycles. The van der Waals surface area contributed by atoms with E-state index >= 15 is 0 Å². The molecule has 1 aromatic carbocycles. The fraction of sp³-hybridized carbons (Fsp3) is 0.250. The third-order valence-electron chi connectivity index (χ3n) is 3.82. The predicted octanol–water partition coefficient (Wildman–Crippen LogP) is 2.22. The fourth-order valence-electron chi connectivity index (χ4n) is 2.81. The van der Waals surface area contributed by atoms with E-state index in [0.29, 0.717) is 30.1 Å². The number of ether oxygens (including phenoxy) is 2. The Morgan fingerprint density at radius 1 is 1.30 bits per heavy atom. The van der Waals surface area contributed by atoms with E-state index in [-0.39, 0.29) is 5.78 Å². The first-order chi connectivity index (χ1) is 9.70. The lowest BCUT2D eigenvalue weighted by molar-refractivity contribution is -0.110. The standard InChI is InChI=1S/C16H14O4/c1-19-13-3-2-11(10-17)14-15(13)20-9-8-16(14)6-4-12(18)5-7-16/h2-7,10H,8-9H2,1H3. The summed E-state index contributed by atoms with van der Waals surface area (Å²) in [5.74, 6) is 1.15. The Bertz CT molecular complexity index is 624. The van der Waals surface area contributed by atoms with Gasteiger partial charge in [0.05, 0.1) is 13.7 Å². The second-order valence-electron chi connectivity index (χ2n) is 4.89. The molecule has 0 unspecified atom stereocenters. The number of allylic oxidation sites excluding steroid dienone is 4. The van der Waals surface area contributed by atoms with Crippen LogP contribution in [0.3, 0.4) is 0 Å². The molecule has 1 spiro atoms. The van der Waals surface area contributed by atoms with Crippen LogP contribution in [-0.4, -0.2) is 25.8 Å². The SMILES string of the molecule is COc1ccc(C=O)c2c1OCCC21C=CC(=O)C=C1. The largest absolute Gasteiger partial charge is 0.493 e. The lowest BCUT2D eigenvalue weighted by atomic mass is 9.72. The van der Waals surface area contributed by atoms with Crippen molar-refractivity contribution in [3.63, 3.8) is 0 Å². The molecule has 3 rings (SSSR count). The van der Waals surface area contributed by atoms with Crippen LogP contribution in [0.5, 0.6) is 11.5 Å². The van der Waals surface area contributed by atoms with E-state index in [1.807, 2.05) is 12.2 Å². The second-order valence-corrected chi connectivity index (χ2v) is 4.89. The van der Waals surface area contributed by atoms with Gasteiger partial charge >= 0.3 is 0 Å². The first-order valence-electron chi connectivity index (χ1n) is 6.42. The van der Waals surface area contributed by atoms with Crippen LogP contribution in [0.15, 0.2) is 36.4 Å². The van der Waals surface area contributed by atoms with Gasteiger partial charge in [-0.05, 0) is 30.7 Å². The topological polar surface area (TPSA) is 52.6 Å². The molecule has 0 aromatic heterocycles. The molecule has 0 bridgehead atoms. The zero-order valence-corrected chi connectivity index (χ0v) is 11.1. The summed E-state index contributed by atoms with van der Waals surface area (Å²) in [5, 5.41) is 0. The molecule has 0 amide bonds. The number of benzene rings is 1. The highest BCUT2D eigenvalue weighted by molar-refractivity contribution is 6.01. The summed E-state index contributed by atoms with van der Waals surface area (Å²) in [6.07, 6.45) is 8.29. The highest BCUT2D eigenvalue weighted by Crippen LogP contribution is 2.47. The Balaban J connectivity index is 2.26. The van der Waals surface area contributed by atoms with Gasteiger partial charge in [0.2, 0.25) is 0 Å². The van der Waals surface area contributed by atoms with Crippen LogP contribution < -0.4 is 9.47 Å². The number of hydrogen-bond donors (Lipinski definition) is 0. The third-order valence-corrected chi connectivity index (χ3v) is 3.82. The van der Waals surface area contributed by atoms with E-state index in [4.69, 9.17) is 9.47 Å². The Kier molecular flexibility index (Phi) is 2.93. The number of fused-ring (bicyclic) bond motifs is 2. The molecule has 1 heterocycles. The van der Waals surface area contributed by atoms with Crippen LogP contribution in [0.1, 0.15) is 22.3 Å². The zero-order valence-electron chi connectivity index (χ0n) is 11.1. The molecule has 0 N–H and O–H groups in total. The highest BCUT2D eigenvalue weighted by atomic mass is 16.5. The average molecular weight is 270 g/mol. The predicted molar refractivity (Wildman–Crippen MR) is 73.5 cm³/mol. The van der Waals surface area contributed by atoms with Crippen molar-refractivity contribution in [1.82, 2.24) is 0 Å². The molecule has 4 nitrogen and oxygen atoms in total. The summed E-state index contributed by atoms with van der Waals surface area (Å²) in [7, 11) is 1.57. The monoisotopic (exact) mass is 270 g/mol. The Labute approximate surface area is 116 Å². The number of aldehydes is 1. The number of carbonyl (C=O) groups excluding carboxylic acids is 2. The van der Waals surface area contributed by atoms with Crippen LogP contribution >= 0.6 is 0 Å². The van der Waals surface area contributed by atoms with E-state index in [9.17, 15) is 9.59 Å². The lowest BCUT2D eigenvalue weighted by Gasteiger charge is -2.36. The van der Waals surface area contributed by atoms with Crippen LogP contribution in [-0.2, 0) is 10.2 Å². The molecule has 0 radical (unpaired) electrons. The van der Waals surface area contributed by atoms with Crippen molar-refractivity contribution in [2.45, 2.75) is 11.8 Å². The molecule has 4 heteroatoms. The molecule has 1 aromatic rings. The van der Waals surface area contributed by atoms with Gasteiger partial charge in [0.1, 0.15) is 0 Å². The minimum Gasteiger partial charge on any atom is -0.493 e. The fourth-order valence-corrected chi connectivity index (χ4v) is 2.81. The first kappa shape index (κ1) is 12.7. The maximum absolute atomic E-state index is 11.4. The van der Waals surface area contributed by atoms with Crippen molar-refractivity contribution >= 4 is 12.1 Å². The van der Waals surface area contributed by atoms with Crippen LogP contribution in [0.25, 0.3) is 0 Å². The number of methoxy groups -OCH3 is 1. The Hall–Kier alpha value is -2.36. The molecule has 1 aliphatic heterocycles. The molecule has 20 heavy (non-hydrogen) atoms. The van der Waals surface area contributed by atoms with Crippen molar-refractivity contribution in [2.75, 3.05) is 13.7 Å². The van der Waals surface area contributed by atoms with Crippen LogP contribution in [0, 0.1) is 0 Å². The van der Waals surface area contributed by atoms with Crippen molar-refractivity contribution in [1.29, 1.82) is 0 Å². The van der Waals surface area contributed by atoms with E-state index in [0.717, 1.165) is 11.8 Å². The summed E-state index contributed by atoms with van der Waals surface area (Å²) in [6, 6.07) is 3.45. The number of rotatable bonds is 2. The third kappa shape index (κ3) is 1.76. The molecule has 0 atom stereocenters. The summed E-state index contributed by atoms with van der Waals surface area (Å²) < 4.78 is 11.0. The number of hydrogen-bond acceptors (Lipinski definition) is 4. The van der Waals surface area contributed by atoms with Gasteiger partial charge in [0, 0.05) is 16.5 Å². The summed E-state index contributed by atoms with van der Waals surface area (Å²) >= 11 is 0. The van der Waals surface area contributed by atoms with Crippen molar-refractivity contribution in [3.05, 3.63) is 47.6 Å². The molecule has 2 aliphatic rings. The van der Waals surface area contributed by atoms with Crippen LogP contribution in [0.4, 0.5) is 0 Å². The second kappa shape index (κ2) is 4.63. The normalized spacial score (nSPS) is 18.6. The van der Waals surface area contributed by atoms with E-state index in [2.05, 4.69) is 0 Å². The van der Waals surface area contributed by atoms with Crippen molar-refractivity contribution in [3.8, 4) is 11.5 Å². The molecule has 0 saturated heterocycles. The molecule has 0 fully saturated rings. The van der Waals surface area contributed by atoms with E-state index < -0.39 is 5.41 Å². The maximum atomic E-state index is 11.4. The Morgan fingerprint density at radius 2 is 2.05 bits per heavy atom. The quantitative estimate of drug-likeness (QED) is 0.773. The lowest BCUT2D eigenvalue weighted by Crippen LogP contribution is -2.32. The van der Waals surface area contributed by atoms with Crippen LogP contribution in [0.2, 0.25) is 0 Å².